The first-order valence-electron chi connectivity index (χ1n) is 8.19. The second kappa shape index (κ2) is 8.55. The summed E-state index contributed by atoms with van der Waals surface area (Å²) in [4.78, 5) is 11.9. The molecule has 0 radical (unpaired) electrons. The topological polar surface area (TPSA) is 53.2 Å². The lowest BCUT2D eigenvalue weighted by atomic mass is 9.96. The predicted molar refractivity (Wildman–Crippen MR) is 88.9 cm³/mol. The summed E-state index contributed by atoms with van der Waals surface area (Å²) in [5.41, 5.74) is 1.94. The van der Waals surface area contributed by atoms with Crippen LogP contribution < -0.4 is 16.0 Å². The van der Waals surface area contributed by atoms with Crippen LogP contribution in [0, 0.1) is 0 Å². The van der Waals surface area contributed by atoms with Crippen molar-refractivity contribution in [3.05, 3.63) is 24.3 Å². The van der Waals surface area contributed by atoms with Crippen LogP contribution in [0.15, 0.2) is 24.3 Å². The van der Waals surface area contributed by atoms with Gasteiger partial charge in [0.05, 0.1) is 0 Å². The van der Waals surface area contributed by atoms with Crippen LogP contribution in [0.3, 0.4) is 0 Å². The van der Waals surface area contributed by atoms with E-state index in [1.807, 2.05) is 24.3 Å². The van der Waals surface area contributed by atoms with Gasteiger partial charge in [0.2, 0.25) is 0 Å². The van der Waals surface area contributed by atoms with Crippen molar-refractivity contribution in [1.82, 2.24) is 5.32 Å². The summed E-state index contributed by atoms with van der Waals surface area (Å²) in [6.45, 7) is 3.17. The minimum atomic E-state index is -0.0893. The summed E-state index contributed by atoms with van der Waals surface area (Å²) in [5.74, 6) is 0. The third-order valence-electron chi connectivity index (χ3n) is 3.94. The molecule has 0 atom stereocenters. The maximum Gasteiger partial charge on any atom is 0.319 e. The Labute approximate surface area is 127 Å². The second-order valence-electron chi connectivity index (χ2n) is 5.79. The molecule has 0 unspecified atom stereocenters. The number of anilines is 2. The summed E-state index contributed by atoms with van der Waals surface area (Å²) in [6, 6.07) is 8.14. The molecule has 116 valence electrons. The Balaban J connectivity index is 1.75. The summed E-state index contributed by atoms with van der Waals surface area (Å²) >= 11 is 0. The van der Waals surface area contributed by atoms with Gasteiger partial charge in [0.25, 0.3) is 0 Å². The molecule has 21 heavy (non-hydrogen) atoms. The van der Waals surface area contributed by atoms with Gasteiger partial charge in [-0.05, 0) is 43.5 Å². The summed E-state index contributed by atoms with van der Waals surface area (Å²) < 4.78 is 0. The van der Waals surface area contributed by atoms with Gasteiger partial charge in [-0.15, -0.1) is 0 Å². The van der Waals surface area contributed by atoms with Crippen LogP contribution in [-0.2, 0) is 0 Å². The number of amides is 2. The fraction of sp³-hybridized carbons (Fsp3) is 0.588. The Morgan fingerprint density at radius 2 is 1.76 bits per heavy atom. The number of rotatable bonds is 6. The zero-order valence-corrected chi connectivity index (χ0v) is 13.0. The maximum atomic E-state index is 11.9. The molecule has 0 saturated heterocycles. The lowest BCUT2D eigenvalue weighted by Gasteiger charge is -2.22. The summed E-state index contributed by atoms with van der Waals surface area (Å²) in [7, 11) is 0. The molecule has 1 aliphatic rings. The van der Waals surface area contributed by atoms with E-state index in [4.69, 9.17) is 0 Å². The van der Waals surface area contributed by atoms with E-state index in [-0.39, 0.29) is 6.03 Å². The summed E-state index contributed by atoms with van der Waals surface area (Å²) in [6.07, 6.45) is 8.32. The first-order chi connectivity index (χ1) is 10.3. The van der Waals surface area contributed by atoms with Gasteiger partial charge in [0.1, 0.15) is 0 Å². The average molecular weight is 289 g/mol. The minimum Gasteiger partial charge on any atom is -0.385 e. The molecule has 1 aromatic rings. The Hall–Kier alpha value is -1.71. The average Bonchev–Trinajstić information content (AvgIpc) is 2.50. The number of urea groups is 1. The lowest BCUT2D eigenvalue weighted by Crippen LogP contribution is -2.38. The highest BCUT2D eigenvalue weighted by atomic mass is 16.2. The molecule has 1 aromatic carbocycles. The smallest absolute Gasteiger partial charge is 0.319 e. The Morgan fingerprint density at radius 3 is 2.43 bits per heavy atom. The van der Waals surface area contributed by atoms with Crippen LogP contribution in [0.4, 0.5) is 16.2 Å². The predicted octanol–water partition coefficient (Wildman–Crippen LogP) is 4.35. The van der Waals surface area contributed by atoms with Gasteiger partial charge in [-0.1, -0.05) is 32.6 Å². The third kappa shape index (κ3) is 5.66. The molecule has 4 nitrogen and oxygen atoms in total. The molecule has 0 spiro atoms. The third-order valence-corrected chi connectivity index (χ3v) is 3.94. The standard InChI is InChI=1S/C17H27N3O/c1-2-3-13-18-14-9-11-16(12-10-14)20-17(21)19-15-7-5-4-6-8-15/h9-12,15,18H,2-8,13H2,1H3,(H2,19,20,21). The molecule has 0 heterocycles. The Kier molecular flexibility index (Phi) is 6.38. The molecule has 0 bridgehead atoms. The van der Waals surface area contributed by atoms with E-state index in [0.29, 0.717) is 6.04 Å². The highest BCUT2D eigenvalue weighted by Crippen LogP contribution is 2.18. The first-order valence-corrected chi connectivity index (χ1v) is 8.19. The fourth-order valence-corrected chi connectivity index (χ4v) is 2.68. The zero-order chi connectivity index (χ0) is 14.9. The van der Waals surface area contributed by atoms with Crippen molar-refractivity contribution in [3.63, 3.8) is 0 Å². The van der Waals surface area contributed by atoms with Gasteiger partial charge in [0.15, 0.2) is 0 Å². The number of hydrogen-bond acceptors (Lipinski definition) is 2. The number of carbonyl (C=O) groups excluding carboxylic acids is 1. The molecule has 0 aliphatic heterocycles. The van der Waals surface area contributed by atoms with Gasteiger partial charge in [-0.25, -0.2) is 4.79 Å². The van der Waals surface area contributed by atoms with Crippen molar-refractivity contribution in [2.45, 2.75) is 57.9 Å². The fourth-order valence-electron chi connectivity index (χ4n) is 2.68. The first kappa shape index (κ1) is 15.7. The highest BCUT2D eigenvalue weighted by molar-refractivity contribution is 5.89. The molecular formula is C17H27N3O. The second-order valence-corrected chi connectivity index (χ2v) is 5.79. The van der Waals surface area contributed by atoms with Crippen molar-refractivity contribution in [3.8, 4) is 0 Å². The molecular weight excluding hydrogens is 262 g/mol. The number of benzene rings is 1. The summed E-state index contributed by atoms with van der Waals surface area (Å²) in [5, 5.41) is 9.33. The van der Waals surface area contributed by atoms with Gasteiger partial charge >= 0.3 is 6.03 Å². The van der Waals surface area contributed by atoms with E-state index in [9.17, 15) is 4.79 Å². The number of unbranched alkanes of at least 4 members (excludes halogenated alkanes) is 1. The molecule has 2 amide bonds. The van der Waals surface area contributed by atoms with E-state index in [1.54, 1.807) is 0 Å². The monoisotopic (exact) mass is 289 g/mol. The number of nitrogens with one attached hydrogen (secondary N) is 3. The molecule has 1 fully saturated rings. The highest BCUT2D eigenvalue weighted by Gasteiger charge is 2.15. The quantitative estimate of drug-likeness (QED) is 0.682. The van der Waals surface area contributed by atoms with E-state index in [0.717, 1.165) is 30.8 Å². The van der Waals surface area contributed by atoms with Crippen molar-refractivity contribution in [2.24, 2.45) is 0 Å². The van der Waals surface area contributed by atoms with Crippen LogP contribution in [-0.4, -0.2) is 18.6 Å². The van der Waals surface area contributed by atoms with Crippen LogP contribution in [0.25, 0.3) is 0 Å². The Bertz CT molecular complexity index is 424. The van der Waals surface area contributed by atoms with Gasteiger partial charge in [-0.2, -0.15) is 0 Å². The van der Waals surface area contributed by atoms with Crippen LogP contribution in [0.1, 0.15) is 51.9 Å². The molecule has 1 saturated carbocycles. The molecule has 3 N–H and O–H groups in total. The van der Waals surface area contributed by atoms with Gasteiger partial charge < -0.3 is 16.0 Å². The molecule has 0 aromatic heterocycles. The van der Waals surface area contributed by atoms with E-state index in [2.05, 4.69) is 22.9 Å². The largest absolute Gasteiger partial charge is 0.385 e. The molecule has 1 aliphatic carbocycles. The molecule has 4 heteroatoms. The van der Waals surface area contributed by atoms with Crippen LogP contribution in [0.2, 0.25) is 0 Å². The van der Waals surface area contributed by atoms with Crippen LogP contribution >= 0.6 is 0 Å². The van der Waals surface area contributed by atoms with Crippen molar-refractivity contribution < 1.29 is 4.79 Å². The zero-order valence-electron chi connectivity index (χ0n) is 13.0. The maximum absolute atomic E-state index is 11.9. The Morgan fingerprint density at radius 1 is 1.10 bits per heavy atom. The van der Waals surface area contributed by atoms with Crippen molar-refractivity contribution in [2.75, 3.05) is 17.2 Å². The number of carbonyl (C=O) groups is 1. The number of hydrogen-bond donors (Lipinski definition) is 3. The van der Waals surface area contributed by atoms with E-state index < -0.39 is 0 Å². The van der Waals surface area contributed by atoms with Gasteiger partial charge in [-0.3, -0.25) is 0 Å². The van der Waals surface area contributed by atoms with E-state index in [1.165, 1.54) is 32.1 Å². The minimum absolute atomic E-state index is 0.0893. The molecule has 2 rings (SSSR count). The van der Waals surface area contributed by atoms with Crippen molar-refractivity contribution >= 4 is 17.4 Å². The van der Waals surface area contributed by atoms with Gasteiger partial charge in [0, 0.05) is 24.0 Å². The van der Waals surface area contributed by atoms with E-state index >= 15 is 0 Å². The van der Waals surface area contributed by atoms with Crippen molar-refractivity contribution in [1.29, 1.82) is 0 Å². The SMILES string of the molecule is CCCCNc1ccc(NC(=O)NC2CCCCC2)cc1. The van der Waals surface area contributed by atoms with Crippen LogP contribution in [0.5, 0.6) is 0 Å². The lowest BCUT2D eigenvalue weighted by molar-refractivity contribution is 0.244. The normalized spacial score (nSPS) is 15.5.